The molecular weight excluding hydrogens is 1590 g/mol. The molecule has 6 heterocycles. The van der Waals surface area contributed by atoms with Gasteiger partial charge in [0.1, 0.15) is 13.2 Å². The van der Waals surface area contributed by atoms with Crippen LogP contribution in [0, 0.1) is 0 Å². The normalized spacial score (nSPS) is 18.7. The topological polar surface area (TPSA) is 83.1 Å². The molecule has 0 saturated carbocycles. The zero-order chi connectivity index (χ0) is 68.8. The number of ether oxygens (including phenoxy) is 2. The Bertz CT molecular complexity index is 4290. The van der Waals surface area contributed by atoms with Crippen LogP contribution in [0.4, 0.5) is 9.59 Å². The van der Waals surface area contributed by atoms with Crippen LogP contribution in [0.3, 0.4) is 0 Å². The van der Waals surface area contributed by atoms with Crippen LogP contribution in [-0.4, -0.2) is 71.7 Å². The maximum atomic E-state index is 12.7. The van der Waals surface area contributed by atoms with Crippen LogP contribution in [-0.2, 0) is 35.2 Å². The van der Waals surface area contributed by atoms with Gasteiger partial charge in [0.2, 0.25) is 0 Å². The number of nitrogens with zero attached hydrogens (tertiary/aromatic N) is 2. The molecule has 0 aromatic heterocycles. The predicted octanol–water partition coefficient (Wildman–Crippen LogP) is 13.8. The van der Waals surface area contributed by atoms with Gasteiger partial charge in [-0.1, -0.05) is 348 Å². The van der Waals surface area contributed by atoms with E-state index in [2.05, 4.69) is 314 Å². The summed E-state index contributed by atoms with van der Waals surface area (Å²) in [5.74, 6) is 0. The molecule has 6 aliphatic heterocycles. The molecule has 8 nitrogen and oxygen atoms in total. The number of hydrogen-bond donors (Lipinski definition) is 2. The summed E-state index contributed by atoms with van der Waals surface area (Å²) in [6.45, 7) is 0.790. The molecule has 2 saturated heterocycles. The quantitative estimate of drug-likeness (QED) is 0.0834. The van der Waals surface area contributed by atoms with E-state index in [1.54, 1.807) is 0 Å². The van der Waals surface area contributed by atoms with Crippen molar-refractivity contribution >= 4 is 196 Å². The van der Waals surface area contributed by atoms with Gasteiger partial charge in [-0.05, 0) is 130 Å². The van der Waals surface area contributed by atoms with E-state index < -0.39 is 15.8 Å². The Morgan fingerprint density at radius 1 is 0.324 bits per heavy atom. The van der Waals surface area contributed by atoms with Crippen LogP contribution in [0.25, 0.3) is 0 Å². The molecule has 0 bridgehead atoms. The Hall–Kier alpha value is -5.78. The largest absolute Gasteiger partial charge is 1.00 e. The van der Waals surface area contributed by atoms with Crippen LogP contribution in [0.1, 0.15) is 68.7 Å². The Morgan fingerprint density at radius 3 is 0.883 bits per heavy atom. The first-order valence-corrected chi connectivity index (χ1v) is 40.5. The van der Waals surface area contributed by atoms with Gasteiger partial charge < -0.3 is 28.7 Å². The van der Waals surface area contributed by atoms with Crippen molar-refractivity contribution in [1.29, 1.82) is 0 Å². The fourth-order valence-corrected chi connectivity index (χ4v) is 22.4. The van der Waals surface area contributed by atoms with Gasteiger partial charge >= 0.3 is 31.0 Å². The maximum absolute atomic E-state index is 12.7. The van der Waals surface area contributed by atoms with E-state index in [4.69, 9.17) is 9.47 Å². The van der Waals surface area contributed by atoms with Gasteiger partial charge in [0.15, 0.2) is 0 Å². The van der Waals surface area contributed by atoms with E-state index in [0.717, 1.165) is 57.7 Å². The third-order valence-corrected chi connectivity index (χ3v) is 27.8. The molecule has 12 aromatic carbocycles. The zero-order valence-electron chi connectivity index (χ0n) is 62.0. The number of benzene rings is 12. The third kappa shape index (κ3) is 23.3. The standard InChI is InChI=1S/C44H42N2P2.C22H20N2O4.C12H11P.C12H10P.Li.8H2S/c1-5-19-37(20-6-1)47(38-21-7-2-8-22-38)31-35-29-33-17-13-15-27-41(33)43(45-35)44-42-28-16-14-18-34(42)30-36(46-44)32-48(39-23-9-3-10-24-39)40-25-11-4-12-26-40;25-21-23-15(11-27-21)9-13-5-1-3-7-17(13)19(23)20-18-8-4-2-6-14(18)10-16-12-28-22(26)24(16)20;2*1-3-7-11(8-4-1)13-12-9-5-2-6-10-12;;;;;;;;;/h1-28,35-36,43-46H,29-32H2;1-8,15-16,19-20H,9-12H2;1-10,13H;1-10H;;8*1H2/q;;;-1;+1;;;;;;;;/t35-,36-,43-,44-;15-,16-,19-,20-;;;;;;;;;;;/m00.........../s1. The molecule has 0 aliphatic carbocycles. The van der Waals surface area contributed by atoms with Gasteiger partial charge in [-0.15, -0.1) is 0 Å². The van der Waals surface area contributed by atoms with Crippen molar-refractivity contribution in [3.63, 3.8) is 0 Å². The molecule has 6 aliphatic rings. The molecule has 111 heavy (non-hydrogen) atoms. The van der Waals surface area contributed by atoms with E-state index in [1.165, 1.54) is 84.4 Å². The average Bonchev–Trinajstić information content (AvgIpc) is 1.66. The summed E-state index contributed by atoms with van der Waals surface area (Å²) in [5, 5.41) is 19.9. The zero-order valence-corrected chi connectivity index (χ0v) is 73.7. The summed E-state index contributed by atoms with van der Waals surface area (Å²) in [7, 11) is 1.05. The number of carbonyl (C=O) groups excluding carboxylic acids is 2. The second-order valence-corrected chi connectivity index (χ2v) is 33.8. The van der Waals surface area contributed by atoms with E-state index >= 15 is 0 Å². The summed E-state index contributed by atoms with van der Waals surface area (Å²) >= 11 is 0. The molecule has 2 fully saturated rings. The van der Waals surface area contributed by atoms with E-state index in [0.29, 0.717) is 25.3 Å². The number of amides is 2. The number of rotatable bonds is 14. The molecule has 12 aromatic rings. The molecule has 18 rings (SSSR count). The van der Waals surface area contributed by atoms with Crippen molar-refractivity contribution < 1.29 is 37.9 Å². The second-order valence-electron chi connectivity index (χ2n) is 26.7. The SMILES string of the molecule is O=C1OC[C@@H]2Cc3ccccc3[C@@H]([C@@H]3c4ccccc4C[C@H]4COC(=O)N43)N12.S.S.S.S.S.S.S.S.[Li+].c1ccc(P(C[C@@H]2Cc3ccccc3[C@@H]([C@H]3N[C@H](CP(c4ccccc4)c4ccccc4)Cc4ccccc43)N2)c2ccccc2)cc1.c1ccc(Pc2ccccc2)cc1.c1ccc([P-]c2ccccc2)cc1. The molecule has 8 atom stereocenters. The van der Waals surface area contributed by atoms with Crippen LogP contribution in [0.15, 0.2) is 340 Å². The number of cyclic esters (lactones) is 2. The first-order chi connectivity index (χ1) is 50.4. The van der Waals surface area contributed by atoms with Gasteiger partial charge in [0, 0.05) is 12.1 Å². The second kappa shape index (κ2) is 46.7. The molecule has 2 N–H and O–H groups in total. The van der Waals surface area contributed by atoms with Gasteiger partial charge in [-0.25, -0.2) is 20.2 Å². The van der Waals surface area contributed by atoms with E-state index in [1.807, 2.05) is 46.2 Å². The third-order valence-electron chi connectivity index (χ3n) is 20.1. The summed E-state index contributed by atoms with van der Waals surface area (Å²) in [6, 6.07) is 122. The first kappa shape index (κ1) is 94.1. The van der Waals surface area contributed by atoms with Gasteiger partial charge in [-0.3, -0.25) is 9.80 Å². The monoisotopic (exact) mass is 1690 g/mol. The van der Waals surface area contributed by atoms with E-state index in [9.17, 15) is 9.59 Å². The Kier molecular flexibility index (Phi) is 39.6. The van der Waals surface area contributed by atoms with Crippen LogP contribution in [0.2, 0.25) is 0 Å². The number of fused-ring (bicyclic) bond motifs is 6. The fourth-order valence-electron chi connectivity index (χ4n) is 15.5. The minimum Gasteiger partial charge on any atom is -0.472 e. The number of carbonyl (C=O) groups is 2. The van der Waals surface area contributed by atoms with Crippen LogP contribution >= 0.6 is 141 Å². The maximum Gasteiger partial charge on any atom is 1.00 e. The molecule has 0 radical (unpaired) electrons. The van der Waals surface area contributed by atoms with Crippen molar-refractivity contribution in [1.82, 2.24) is 20.4 Å². The minimum absolute atomic E-state index is 0. The van der Waals surface area contributed by atoms with E-state index in [-0.39, 0.29) is 175 Å². The number of hydrogen-bond acceptors (Lipinski definition) is 6. The van der Waals surface area contributed by atoms with Crippen molar-refractivity contribution in [2.24, 2.45) is 0 Å². The molecule has 2 amide bonds. The van der Waals surface area contributed by atoms with Crippen molar-refractivity contribution in [3.05, 3.63) is 384 Å². The Labute approximate surface area is 730 Å². The summed E-state index contributed by atoms with van der Waals surface area (Å²) in [5.41, 5.74) is 10.5. The minimum atomic E-state index is -0.505. The average molecular weight is 1690 g/mol. The summed E-state index contributed by atoms with van der Waals surface area (Å²) < 4.78 is 10.9. The Morgan fingerprint density at radius 2 is 0.577 bits per heavy atom. The van der Waals surface area contributed by atoms with Crippen molar-refractivity contribution in [2.75, 3.05) is 25.5 Å². The molecule has 0 unspecified atom stereocenters. The van der Waals surface area contributed by atoms with Crippen molar-refractivity contribution in [2.45, 2.75) is 74.0 Å². The first-order valence-electron chi connectivity index (χ1n) is 35.6. The van der Waals surface area contributed by atoms with Gasteiger partial charge in [0.05, 0.1) is 36.3 Å². The molecule has 21 heteroatoms. The summed E-state index contributed by atoms with van der Waals surface area (Å²) in [6.07, 6.45) is 5.29. The smallest absolute Gasteiger partial charge is 0.472 e. The van der Waals surface area contributed by atoms with Gasteiger partial charge in [0.25, 0.3) is 0 Å². The fraction of sp³-hybridized carbons (Fsp3) is 0.178. The van der Waals surface area contributed by atoms with Crippen molar-refractivity contribution in [3.8, 4) is 0 Å². The van der Waals surface area contributed by atoms with Crippen LogP contribution < -0.4 is 71.9 Å². The summed E-state index contributed by atoms with van der Waals surface area (Å²) in [4.78, 5) is 29.2. The molecule has 0 spiro atoms. The van der Waals surface area contributed by atoms with Crippen LogP contribution in [0.5, 0.6) is 0 Å². The Balaban J connectivity index is 0.000000258. The van der Waals surface area contributed by atoms with Gasteiger partial charge in [-0.2, -0.15) is 108 Å². The molecular formula is C90H99LiN4O4P4S8. The molecule has 572 valence electrons. The number of nitrogens with one attached hydrogen (secondary N) is 2. The predicted molar refractivity (Wildman–Crippen MR) is 510 cm³/mol.